The lowest BCUT2D eigenvalue weighted by Gasteiger charge is -2.11. The van der Waals surface area contributed by atoms with Crippen molar-refractivity contribution >= 4 is 33.6 Å². The number of hydrogen-bond donors (Lipinski definition) is 1. The van der Waals surface area contributed by atoms with Gasteiger partial charge < -0.3 is 9.73 Å². The van der Waals surface area contributed by atoms with E-state index in [9.17, 15) is 9.59 Å². The van der Waals surface area contributed by atoms with E-state index in [2.05, 4.69) is 10.4 Å². The molecule has 0 saturated carbocycles. The van der Waals surface area contributed by atoms with Gasteiger partial charge in [0.1, 0.15) is 5.58 Å². The first kappa shape index (κ1) is 20.6. The predicted octanol–water partition coefficient (Wildman–Crippen LogP) is 5.35. The second kappa shape index (κ2) is 8.02. The fraction of sp³-hybridized carbons (Fsp3) is 0.154. The van der Waals surface area contributed by atoms with Crippen molar-refractivity contribution in [2.45, 2.75) is 26.8 Å². The van der Waals surface area contributed by atoms with Crippen LogP contribution in [0.5, 0.6) is 0 Å². The number of nitrogens with one attached hydrogen (secondary N) is 1. The number of amides is 1. The van der Waals surface area contributed by atoms with Crippen LogP contribution in [0.25, 0.3) is 33.3 Å². The van der Waals surface area contributed by atoms with Crippen LogP contribution < -0.4 is 10.9 Å². The molecular weight excluding hydrogens is 416 g/mol. The highest BCUT2D eigenvalue weighted by molar-refractivity contribution is 6.13. The first-order valence-corrected chi connectivity index (χ1v) is 10.7. The minimum atomic E-state index is -0.423. The van der Waals surface area contributed by atoms with Crippen molar-refractivity contribution in [2.75, 3.05) is 5.32 Å². The summed E-state index contributed by atoms with van der Waals surface area (Å²) < 4.78 is 7.13. The highest BCUT2D eigenvalue weighted by Crippen LogP contribution is 2.28. The van der Waals surface area contributed by atoms with Crippen LogP contribution in [0, 0.1) is 6.92 Å². The molecule has 5 rings (SSSR count). The molecule has 0 atom stereocenters. The van der Waals surface area contributed by atoms with Gasteiger partial charge in [-0.25, -0.2) is 14.5 Å². The minimum absolute atomic E-state index is 0.0866. The molecule has 2 aromatic carbocycles. The Bertz CT molecular complexity index is 1570. The number of carbonyl (C=O) groups is 1. The number of fused-ring (bicyclic) bond motifs is 2. The second-order valence-corrected chi connectivity index (χ2v) is 8.25. The van der Waals surface area contributed by atoms with E-state index in [1.165, 1.54) is 6.07 Å². The van der Waals surface area contributed by atoms with Gasteiger partial charge in [0.15, 0.2) is 5.65 Å². The van der Waals surface area contributed by atoms with Gasteiger partial charge in [-0.15, -0.1) is 0 Å². The Kier molecular flexibility index (Phi) is 5.01. The number of aryl methyl sites for hydroxylation is 1. The van der Waals surface area contributed by atoms with Crippen molar-refractivity contribution in [2.24, 2.45) is 0 Å². The quantitative estimate of drug-likeness (QED) is 0.382. The van der Waals surface area contributed by atoms with Crippen molar-refractivity contribution in [3.63, 3.8) is 0 Å². The molecule has 0 bridgehead atoms. The SMILES string of the molecule is Cc1cc(=O)oc2cc(NC(=O)c3cc(-c4ccccc4)nc4c3cnn4C(C)C)ccc12. The van der Waals surface area contributed by atoms with E-state index < -0.39 is 5.63 Å². The molecule has 0 spiro atoms. The van der Waals surface area contributed by atoms with Crippen LogP contribution >= 0.6 is 0 Å². The van der Waals surface area contributed by atoms with Gasteiger partial charge in [-0.3, -0.25) is 4.79 Å². The minimum Gasteiger partial charge on any atom is -0.423 e. The van der Waals surface area contributed by atoms with E-state index in [0.29, 0.717) is 33.6 Å². The summed E-state index contributed by atoms with van der Waals surface area (Å²) in [6, 6.07) is 18.3. The number of anilines is 1. The lowest BCUT2D eigenvalue weighted by molar-refractivity contribution is 0.102. The van der Waals surface area contributed by atoms with Crippen molar-refractivity contribution in [3.05, 3.63) is 88.4 Å². The largest absolute Gasteiger partial charge is 0.423 e. The van der Waals surface area contributed by atoms with E-state index in [4.69, 9.17) is 9.40 Å². The Labute approximate surface area is 189 Å². The molecule has 0 aliphatic heterocycles. The predicted molar refractivity (Wildman–Crippen MR) is 129 cm³/mol. The number of pyridine rings is 1. The summed E-state index contributed by atoms with van der Waals surface area (Å²) in [6.45, 7) is 5.89. The Balaban J connectivity index is 1.61. The maximum absolute atomic E-state index is 13.4. The Morgan fingerprint density at radius 2 is 1.82 bits per heavy atom. The highest BCUT2D eigenvalue weighted by atomic mass is 16.4. The molecule has 0 aliphatic carbocycles. The smallest absolute Gasteiger partial charge is 0.336 e. The molecular formula is C26H22N4O3. The zero-order valence-corrected chi connectivity index (χ0v) is 18.5. The van der Waals surface area contributed by atoms with E-state index >= 15 is 0 Å². The summed E-state index contributed by atoms with van der Waals surface area (Å²) in [4.78, 5) is 30.0. The first-order chi connectivity index (χ1) is 15.9. The summed E-state index contributed by atoms with van der Waals surface area (Å²) in [5.74, 6) is -0.294. The highest BCUT2D eigenvalue weighted by Gasteiger charge is 2.19. The number of rotatable bonds is 4. The van der Waals surface area contributed by atoms with E-state index in [0.717, 1.165) is 16.5 Å². The van der Waals surface area contributed by atoms with Gasteiger partial charge in [-0.05, 0) is 44.5 Å². The van der Waals surface area contributed by atoms with Crippen LogP contribution in [-0.2, 0) is 0 Å². The number of benzene rings is 2. The fourth-order valence-electron chi connectivity index (χ4n) is 3.94. The summed E-state index contributed by atoms with van der Waals surface area (Å²) in [6.07, 6.45) is 1.68. The van der Waals surface area contributed by atoms with Crippen molar-refractivity contribution in [3.8, 4) is 11.3 Å². The Morgan fingerprint density at radius 3 is 2.58 bits per heavy atom. The number of hydrogen-bond acceptors (Lipinski definition) is 5. The third kappa shape index (κ3) is 3.78. The van der Waals surface area contributed by atoms with Gasteiger partial charge in [-0.2, -0.15) is 5.10 Å². The van der Waals surface area contributed by atoms with Gasteiger partial charge in [0.25, 0.3) is 5.91 Å². The summed E-state index contributed by atoms with van der Waals surface area (Å²) in [7, 11) is 0. The van der Waals surface area contributed by atoms with Gasteiger partial charge in [-0.1, -0.05) is 30.3 Å². The average Bonchev–Trinajstić information content (AvgIpc) is 3.23. The van der Waals surface area contributed by atoms with Gasteiger partial charge in [0, 0.05) is 34.8 Å². The molecule has 5 aromatic rings. The molecule has 0 radical (unpaired) electrons. The van der Waals surface area contributed by atoms with Crippen molar-refractivity contribution < 1.29 is 9.21 Å². The van der Waals surface area contributed by atoms with Crippen molar-refractivity contribution in [1.82, 2.24) is 14.8 Å². The molecule has 164 valence electrons. The van der Waals surface area contributed by atoms with Crippen LogP contribution in [-0.4, -0.2) is 20.7 Å². The summed E-state index contributed by atoms with van der Waals surface area (Å²) in [5.41, 5.74) is 4.08. The molecule has 7 nitrogen and oxygen atoms in total. The van der Waals surface area contributed by atoms with E-state index in [1.807, 2.05) is 61.9 Å². The third-order valence-corrected chi connectivity index (χ3v) is 5.58. The number of aromatic nitrogens is 3. The first-order valence-electron chi connectivity index (χ1n) is 10.7. The van der Waals surface area contributed by atoms with Crippen LogP contribution in [0.1, 0.15) is 35.8 Å². The number of carbonyl (C=O) groups excluding carboxylic acids is 1. The van der Waals surface area contributed by atoms with Crippen LogP contribution in [0.4, 0.5) is 5.69 Å². The lowest BCUT2D eigenvalue weighted by atomic mass is 10.1. The molecule has 1 amide bonds. The third-order valence-electron chi connectivity index (χ3n) is 5.58. The fourth-order valence-corrected chi connectivity index (χ4v) is 3.94. The van der Waals surface area contributed by atoms with Gasteiger partial charge >= 0.3 is 5.63 Å². The van der Waals surface area contributed by atoms with E-state index in [1.54, 1.807) is 24.4 Å². The molecule has 3 heterocycles. The molecule has 0 aliphatic rings. The topological polar surface area (TPSA) is 90.0 Å². The maximum atomic E-state index is 13.4. The molecule has 7 heteroatoms. The molecule has 0 unspecified atom stereocenters. The maximum Gasteiger partial charge on any atom is 0.336 e. The molecule has 0 saturated heterocycles. The zero-order chi connectivity index (χ0) is 23.1. The van der Waals surface area contributed by atoms with Crippen LogP contribution in [0.3, 0.4) is 0 Å². The van der Waals surface area contributed by atoms with Crippen molar-refractivity contribution in [1.29, 1.82) is 0 Å². The monoisotopic (exact) mass is 438 g/mol. The zero-order valence-electron chi connectivity index (χ0n) is 18.5. The number of nitrogens with zero attached hydrogens (tertiary/aromatic N) is 3. The Hall–Kier alpha value is -4.26. The average molecular weight is 438 g/mol. The van der Waals surface area contributed by atoms with Crippen LogP contribution in [0.15, 0.2) is 76.1 Å². The lowest BCUT2D eigenvalue weighted by Crippen LogP contribution is -2.13. The molecule has 0 fully saturated rings. The van der Waals surface area contributed by atoms with Gasteiger partial charge in [0.05, 0.1) is 22.8 Å². The summed E-state index contributed by atoms with van der Waals surface area (Å²) >= 11 is 0. The van der Waals surface area contributed by atoms with Gasteiger partial charge in [0.2, 0.25) is 0 Å². The molecule has 3 aromatic heterocycles. The summed E-state index contributed by atoms with van der Waals surface area (Å²) in [5, 5.41) is 8.89. The Morgan fingerprint density at radius 1 is 1.03 bits per heavy atom. The molecule has 33 heavy (non-hydrogen) atoms. The standard InChI is InChI=1S/C26H22N4O3/c1-15(2)30-25-21(14-27-30)20(13-22(29-25)17-7-5-4-6-8-17)26(32)28-18-9-10-19-16(3)11-24(31)33-23(19)12-18/h4-15H,1-3H3,(H,28,32). The van der Waals surface area contributed by atoms with E-state index in [-0.39, 0.29) is 11.9 Å². The second-order valence-electron chi connectivity index (χ2n) is 8.25. The normalized spacial score (nSPS) is 11.4. The van der Waals surface area contributed by atoms with Crippen LogP contribution in [0.2, 0.25) is 0 Å². The molecule has 1 N–H and O–H groups in total.